The minimum absolute atomic E-state index is 0.505. The fourth-order valence-electron chi connectivity index (χ4n) is 2.78. The van der Waals surface area contributed by atoms with Crippen LogP contribution in [0.15, 0.2) is 72.6 Å². The molecule has 1 aliphatic rings. The Morgan fingerprint density at radius 1 is 1.08 bits per heavy atom. The summed E-state index contributed by atoms with van der Waals surface area (Å²) in [6, 6.07) is 16.0. The second-order valence-electron chi connectivity index (χ2n) is 5.58. The lowest BCUT2D eigenvalue weighted by atomic mass is 10.3. The van der Waals surface area contributed by atoms with Crippen LogP contribution in [0, 0.1) is 0 Å². The highest BCUT2D eigenvalue weighted by molar-refractivity contribution is 5.66. The predicted octanol–water partition coefficient (Wildman–Crippen LogP) is 4.81. The third kappa shape index (κ3) is 3.97. The summed E-state index contributed by atoms with van der Waals surface area (Å²) in [6.07, 6.45) is 5.93. The first kappa shape index (κ1) is 17.0. The van der Waals surface area contributed by atoms with Gasteiger partial charge < -0.3 is 19.7 Å². The smallest absolute Gasteiger partial charge is 0.200 e. The van der Waals surface area contributed by atoms with Crippen LogP contribution < -0.4 is 19.7 Å². The van der Waals surface area contributed by atoms with Crippen molar-refractivity contribution in [1.82, 2.24) is 0 Å². The molecule has 4 nitrogen and oxygen atoms in total. The summed E-state index contributed by atoms with van der Waals surface area (Å²) in [5, 5.41) is 3.30. The molecule has 3 rings (SSSR count). The van der Waals surface area contributed by atoms with E-state index in [1.807, 2.05) is 60.7 Å². The predicted molar refractivity (Wildman–Crippen MR) is 103 cm³/mol. The van der Waals surface area contributed by atoms with Crippen LogP contribution in [0.1, 0.15) is 13.8 Å². The Bertz CT molecular complexity index is 768. The fourth-order valence-corrected chi connectivity index (χ4v) is 2.78. The van der Waals surface area contributed by atoms with E-state index in [4.69, 9.17) is 9.47 Å². The van der Waals surface area contributed by atoms with Gasteiger partial charge >= 0.3 is 0 Å². The molecule has 2 aromatic rings. The molecule has 0 radical (unpaired) electrons. The first-order chi connectivity index (χ1) is 12.3. The molecule has 4 heteroatoms. The highest BCUT2D eigenvalue weighted by Crippen LogP contribution is 2.38. The van der Waals surface area contributed by atoms with Crippen molar-refractivity contribution < 1.29 is 9.47 Å². The molecule has 25 heavy (non-hydrogen) atoms. The van der Waals surface area contributed by atoms with Gasteiger partial charge in [-0.2, -0.15) is 0 Å². The number of benzene rings is 2. The molecule has 0 atom stereocenters. The SMILES string of the molecule is CCNc1ccccc1OC/C=C/C=C1/Oc2ccccc2N1CC. The zero-order valence-electron chi connectivity index (χ0n) is 14.7. The molecule has 0 amide bonds. The Morgan fingerprint density at radius 3 is 2.72 bits per heavy atom. The van der Waals surface area contributed by atoms with Crippen LogP contribution in [0.2, 0.25) is 0 Å². The number of allylic oxidation sites excluding steroid dienone is 2. The molecule has 1 N–H and O–H groups in total. The summed E-state index contributed by atoms with van der Waals surface area (Å²) in [5.41, 5.74) is 2.13. The molecule has 0 aromatic heterocycles. The lowest BCUT2D eigenvalue weighted by Gasteiger charge is -2.14. The highest BCUT2D eigenvalue weighted by Gasteiger charge is 2.23. The molecule has 0 aliphatic carbocycles. The number of anilines is 2. The average Bonchev–Trinajstić information content (AvgIpc) is 3.00. The van der Waals surface area contributed by atoms with Gasteiger partial charge in [0.2, 0.25) is 5.88 Å². The molecule has 0 saturated heterocycles. The van der Waals surface area contributed by atoms with Gasteiger partial charge in [-0.1, -0.05) is 30.3 Å². The van der Waals surface area contributed by atoms with E-state index in [1.54, 1.807) is 0 Å². The molecule has 2 aromatic carbocycles. The number of fused-ring (bicyclic) bond motifs is 1. The van der Waals surface area contributed by atoms with Crippen molar-refractivity contribution in [1.29, 1.82) is 0 Å². The summed E-state index contributed by atoms with van der Waals surface area (Å²) in [4.78, 5) is 2.15. The summed E-state index contributed by atoms with van der Waals surface area (Å²) >= 11 is 0. The number of hydrogen-bond acceptors (Lipinski definition) is 4. The van der Waals surface area contributed by atoms with Crippen molar-refractivity contribution >= 4 is 11.4 Å². The Kier molecular flexibility index (Phi) is 5.62. The van der Waals surface area contributed by atoms with Crippen molar-refractivity contribution in [3.05, 3.63) is 72.6 Å². The topological polar surface area (TPSA) is 33.7 Å². The number of nitrogens with one attached hydrogen (secondary N) is 1. The van der Waals surface area contributed by atoms with E-state index >= 15 is 0 Å². The summed E-state index contributed by atoms with van der Waals surface area (Å²) in [6.45, 7) is 6.42. The minimum atomic E-state index is 0.505. The van der Waals surface area contributed by atoms with Crippen LogP contribution in [-0.2, 0) is 0 Å². The second-order valence-corrected chi connectivity index (χ2v) is 5.58. The maximum Gasteiger partial charge on any atom is 0.200 e. The van der Waals surface area contributed by atoms with Crippen molar-refractivity contribution in [2.75, 3.05) is 29.9 Å². The minimum Gasteiger partial charge on any atom is -0.487 e. The van der Waals surface area contributed by atoms with Gasteiger partial charge in [0.05, 0.1) is 11.4 Å². The molecule has 0 fully saturated rings. The van der Waals surface area contributed by atoms with Gasteiger partial charge in [0.1, 0.15) is 12.4 Å². The van der Waals surface area contributed by atoms with Crippen LogP contribution in [0.4, 0.5) is 11.4 Å². The monoisotopic (exact) mass is 336 g/mol. The van der Waals surface area contributed by atoms with Crippen molar-refractivity contribution in [2.24, 2.45) is 0 Å². The van der Waals surface area contributed by atoms with Gasteiger partial charge in [-0.3, -0.25) is 0 Å². The number of nitrogens with zero attached hydrogens (tertiary/aromatic N) is 1. The Balaban J connectivity index is 1.60. The van der Waals surface area contributed by atoms with E-state index in [0.29, 0.717) is 6.61 Å². The number of rotatable bonds is 7. The van der Waals surface area contributed by atoms with Crippen LogP contribution in [0.5, 0.6) is 11.5 Å². The third-order valence-corrected chi connectivity index (χ3v) is 3.92. The Morgan fingerprint density at radius 2 is 1.88 bits per heavy atom. The van der Waals surface area contributed by atoms with E-state index in [9.17, 15) is 0 Å². The zero-order valence-corrected chi connectivity index (χ0v) is 14.7. The van der Waals surface area contributed by atoms with Crippen molar-refractivity contribution in [3.8, 4) is 11.5 Å². The fraction of sp³-hybridized carbons (Fsp3) is 0.238. The molecule has 130 valence electrons. The molecule has 0 unspecified atom stereocenters. The molecular formula is C21H24N2O2. The molecule has 0 saturated carbocycles. The Labute approximate surface area is 149 Å². The summed E-state index contributed by atoms with van der Waals surface area (Å²) in [7, 11) is 0. The van der Waals surface area contributed by atoms with Crippen LogP contribution in [0.25, 0.3) is 0 Å². The van der Waals surface area contributed by atoms with Gasteiger partial charge in [-0.05, 0) is 50.3 Å². The van der Waals surface area contributed by atoms with Crippen molar-refractivity contribution in [2.45, 2.75) is 13.8 Å². The maximum atomic E-state index is 5.91. The molecule has 0 spiro atoms. The average molecular weight is 336 g/mol. The van der Waals surface area contributed by atoms with Crippen LogP contribution in [0.3, 0.4) is 0 Å². The molecular weight excluding hydrogens is 312 g/mol. The highest BCUT2D eigenvalue weighted by atomic mass is 16.5. The largest absolute Gasteiger partial charge is 0.487 e. The van der Waals surface area contributed by atoms with Crippen molar-refractivity contribution in [3.63, 3.8) is 0 Å². The van der Waals surface area contributed by atoms with Gasteiger partial charge in [-0.25, -0.2) is 0 Å². The lowest BCUT2D eigenvalue weighted by molar-refractivity contribution is 0.364. The maximum absolute atomic E-state index is 5.91. The van der Waals surface area contributed by atoms with Gasteiger partial charge in [0.25, 0.3) is 0 Å². The van der Waals surface area contributed by atoms with Gasteiger partial charge in [0.15, 0.2) is 5.75 Å². The first-order valence-electron chi connectivity index (χ1n) is 8.70. The number of hydrogen-bond donors (Lipinski definition) is 1. The van der Waals surface area contributed by atoms with E-state index in [2.05, 4.69) is 30.1 Å². The summed E-state index contributed by atoms with van der Waals surface area (Å²) < 4.78 is 11.7. The molecule has 0 bridgehead atoms. The lowest BCUT2D eigenvalue weighted by Crippen LogP contribution is -2.19. The molecule has 1 heterocycles. The van der Waals surface area contributed by atoms with Gasteiger partial charge in [-0.15, -0.1) is 0 Å². The van der Waals surface area contributed by atoms with E-state index in [-0.39, 0.29) is 0 Å². The zero-order chi connectivity index (χ0) is 17.5. The van der Waals surface area contributed by atoms with E-state index in [1.165, 1.54) is 0 Å². The van der Waals surface area contributed by atoms with Crippen LogP contribution in [-0.4, -0.2) is 19.7 Å². The normalized spacial score (nSPS) is 14.6. The third-order valence-electron chi connectivity index (χ3n) is 3.92. The van der Waals surface area contributed by atoms with Gasteiger partial charge in [0, 0.05) is 13.1 Å². The summed E-state index contributed by atoms with van der Waals surface area (Å²) in [5.74, 6) is 2.61. The van der Waals surface area contributed by atoms with E-state index in [0.717, 1.165) is 41.8 Å². The Hall–Kier alpha value is -2.88. The molecule has 1 aliphatic heterocycles. The standard InChI is InChI=1S/C21H24N2O2/c1-3-22-17-11-5-7-13-19(17)24-16-10-9-15-21-23(4-2)18-12-6-8-14-20(18)25-21/h5-15,22H,3-4,16H2,1-2H3/b10-9+,21-15+. The van der Waals surface area contributed by atoms with Crippen LogP contribution >= 0.6 is 0 Å². The van der Waals surface area contributed by atoms with E-state index < -0.39 is 0 Å². The first-order valence-corrected chi connectivity index (χ1v) is 8.70. The number of ether oxygens (including phenoxy) is 2. The quantitative estimate of drug-likeness (QED) is 0.786. The second kappa shape index (κ2) is 8.29. The number of para-hydroxylation sites is 4.